The fourth-order valence-electron chi connectivity index (χ4n) is 3.54. The number of anilines is 1. The van der Waals surface area contributed by atoms with E-state index >= 15 is 0 Å². The van der Waals surface area contributed by atoms with Crippen molar-refractivity contribution >= 4 is 69.8 Å². The van der Waals surface area contributed by atoms with Crippen molar-refractivity contribution in [3.05, 3.63) is 97.5 Å². The minimum absolute atomic E-state index is 0.0444. The Hall–Kier alpha value is -3.99. The molecule has 4 rings (SSSR count). The van der Waals surface area contributed by atoms with E-state index in [2.05, 4.69) is 5.32 Å². The highest BCUT2D eigenvalue weighted by molar-refractivity contribution is 7.80. The van der Waals surface area contributed by atoms with Gasteiger partial charge in [-0.2, -0.15) is 0 Å². The molecular formula is C25H17Cl2N3O6S. The third-order valence-corrected chi connectivity index (χ3v) is 6.41. The van der Waals surface area contributed by atoms with Crippen LogP contribution in [0.25, 0.3) is 6.08 Å². The van der Waals surface area contributed by atoms with E-state index < -0.39 is 28.0 Å². The molecular weight excluding hydrogens is 541 g/mol. The molecule has 0 radical (unpaired) electrons. The van der Waals surface area contributed by atoms with Gasteiger partial charge in [0, 0.05) is 0 Å². The summed E-state index contributed by atoms with van der Waals surface area (Å²) in [6, 6.07) is 16.3. The number of ether oxygens (including phenoxy) is 2. The first-order valence-corrected chi connectivity index (χ1v) is 11.8. The van der Waals surface area contributed by atoms with Crippen LogP contribution in [0.3, 0.4) is 0 Å². The van der Waals surface area contributed by atoms with Gasteiger partial charge < -0.3 is 9.47 Å². The molecule has 1 N–H and O–H groups in total. The zero-order valence-corrected chi connectivity index (χ0v) is 21.4. The van der Waals surface area contributed by atoms with Gasteiger partial charge in [0.25, 0.3) is 17.5 Å². The van der Waals surface area contributed by atoms with Crippen molar-refractivity contribution in [3.8, 4) is 11.5 Å². The number of hydrogen-bond acceptors (Lipinski definition) is 7. The van der Waals surface area contributed by atoms with Crippen molar-refractivity contribution in [2.45, 2.75) is 6.61 Å². The Balaban J connectivity index is 1.75. The molecule has 3 aromatic carbocycles. The number of rotatable bonds is 7. The molecule has 0 spiro atoms. The summed E-state index contributed by atoms with van der Waals surface area (Å²) in [4.78, 5) is 38.3. The summed E-state index contributed by atoms with van der Waals surface area (Å²) < 4.78 is 11.1. The minimum atomic E-state index is -0.837. The second-order valence-electron chi connectivity index (χ2n) is 7.62. The van der Waals surface area contributed by atoms with Crippen molar-refractivity contribution in [2.75, 3.05) is 12.0 Å². The summed E-state index contributed by atoms with van der Waals surface area (Å²) in [5.74, 6) is -1.38. The predicted octanol–water partition coefficient (Wildman–Crippen LogP) is 5.32. The van der Waals surface area contributed by atoms with Crippen LogP contribution in [-0.2, 0) is 16.2 Å². The number of nitro groups is 1. The van der Waals surface area contributed by atoms with E-state index in [0.717, 1.165) is 16.5 Å². The number of thiocarbonyl (C=S) groups is 1. The van der Waals surface area contributed by atoms with Gasteiger partial charge in [-0.25, -0.2) is 0 Å². The topological polar surface area (TPSA) is 111 Å². The van der Waals surface area contributed by atoms with Gasteiger partial charge in [0.1, 0.15) is 12.2 Å². The lowest BCUT2D eigenvalue weighted by molar-refractivity contribution is -0.385. The maximum absolute atomic E-state index is 13.4. The summed E-state index contributed by atoms with van der Waals surface area (Å²) in [7, 11) is 1.37. The van der Waals surface area contributed by atoms with Crippen LogP contribution in [-0.4, -0.2) is 29.0 Å². The molecule has 1 aliphatic heterocycles. The Morgan fingerprint density at radius 2 is 1.81 bits per heavy atom. The number of nitrogens with zero attached hydrogens (tertiary/aromatic N) is 2. The average Bonchev–Trinajstić information content (AvgIpc) is 2.88. The molecule has 37 heavy (non-hydrogen) atoms. The zero-order valence-electron chi connectivity index (χ0n) is 19.1. The molecule has 9 nitrogen and oxygen atoms in total. The van der Waals surface area contributed by atoms with Crippen LogP contribution in [0.2, 0.25) is 10.0 Å². The molecule has 0 saturated carbocycles. The maximum Gasteiger partial charge on any atom is 0.280 e. The van der Waals surface area contributed by atoms with E-state index in [1.807, 2.05) is 30.3 Å². The fraction of sp³-hybridized carbons (Fsp3) is 0.0800. The molecule has 2 amide bonds. The third-order valence-electron chi connectivity index (χ3n) is 5.32. The lowest BCUT2D eigenvalue weighted by Gasteiger charge is -2.29. The second-order valence-corrected chi connectivity index (χ2v) is 8.80. The number of carbonyl (C=O) groups is 2. The van der Waals surface area contributed by atoms with Crippen molar-refractivity contribution in [1.82, 2.24) is 5.32 Å². The highest BCUT2D eigenvalue weighted by Crippen LogP contribution is 2.38. The number of nitro benzene ring substituents is 1. The van der Waals surface area contributed by atoms with E-state index in [1.165, 1.54) is 31.4 Å². The SMILES string of the molecule is COc1cc(/C=C2\C(=O)NC(=S)N(c3cccc(Cl)c3Cl)C2=O)c([N+](=O)[O-])cc1OCc1ccccc1. The quantitative estimate of drug-likeness (QED) is 0.137. The standard InChI is InChI=1S/C25H17Cl2N3O6S/c1-35-20-11-15(19(30(33)34)12-21(20)36-13-14-6-3-2-4-7-14)10-16-23(31)28-25(37)29(24(16)32)18-9-5-8-17(26)22(18)27/h2-12H,13H2,1H3,(H,28,31,37)/b16-10+. The summed E-state index contributed by atoms with van der Waals surface area (Å²) in [6.07, 6.45) is 1.09. The number of halogens is 2. The van der Waals surface area contributed by atoms with Gasteiger partial charge >= 0.3 is 0 Å². The number of amides is 2. The van der Waals surface area contributed by atoms with Crippen molar-refractivity contribution < 1.29 is 24.0 Å². The van der Waals surface area contributed by atoms with Crippen molar-refractivity contribution in [1.29, 1.82) is 0 Å². The largest absolute Gasteiger partial charge is 0.493 e. The van der Waals surface area contributed by atoms with Crippen molar-refractivity contribution in [3.63, 3.8) is 0 Å². The van der Waals surface area contributed by atoms with Crippen LogP contribution >= 0.6 is 35.4 Å². The molecule has 0 atom stereocenters. The van der Waals surface area contributed by atoms with E-state index in [-0.39, 0.29) is 44.5 Å². The first-order valence-electron chi connectivity index (χ1n) is 10.6. The van der Waals surface area contributed by atoms with Crippen LogP contribution in [0.15, 0.2) is 66.2 Å². The second kappa shape index (κ2) is 11.0. The first-order chi connectivity index (χ1) is 17.7. The average molecular weight is 558 g/mol. The van der Waals surface area contributed by atoms with E-state index in [1.54, 1.807) is 6.07 Å². The number of nitrogens with one attached hydrogen (secondary N) is 1. The Labute approximate surface area is 226 Å². The molecule has 0 unspecified atom stereocenters. The lowest BCUT2D eigenvalue weighted by Crippen LogP contribution is -2.54. The van der Waals surface area contributed by atoms with E-state index in [0.29, 0.717) is 0 Å². The minimum Gasteiger partial charge on any atom is -0.493 e. The zero-order chi connectivity index (χ0) is 26.7. The Morgan fingerprint density at radius 3 is 2.49 bits per heavy atom. The molecule has 0 bridgehead atoms. The molecule has 1 aliphatic rings. The number of benzene rings is 3. The molecule has 1 saturated heterocycles. The van der Waals surface area contributed by atoms with Gasteiger partial charge in [0.2, 0.25) is 0 Å². The van der Waals surface area contributed by atoms with Crippen molar-refractivity contribution in [2.24, 2.45) is 0 Å². The smallest absolute Gasteiger partial charge is 0.280 e. The van der Waals surface area contributed by atoms with Crippen LogP contribution in [0.4, 0.5) is 11.4 Å². The summed E-state index contributed by atoms with van der Waals surface area (Å²) in [5, 5.41) is 14.3. The third kappa shape index (κ3) is 5.41. The number of carbonyl (C=O) groups excluding carboxylic acids is 2. The molecule has 12 heteroatoms. The maximum atomic E-state index is 13.4. The van der Waals surface area contributed by atoms with Gasteiger partial charge in [-0.3, -0.25) is 29.9 Å². The van der Waals surface area contributed by atoms with E-state index in [9.17, 15) is 19.7 Å². The highest BCUT2D eigenvalue weighted by Gasteiger charge is 2.36. The van der Waals surface area contributed by atoms with Gasteiger partial charge in [0.05, 0.1) is 39.4 Å². The summed E-state index contributed by atoms with van der Waals surface area (Å²) in [6.45, 7) is 0.141. The molecule has 188 valence electrons. The van der Waals surface area contributed by atoms with Gasteiger partial charge in [-0.05, 0) is 42.1 Å². The van der Waals surface area contributed by atoms with Gasteiger partial charge in [-0.1, -0.05) is 59.6 Å². The molecule has 0 aromatic heterocycles. The Morgan fingerprint density at radius 1 is 1.08 bits per heavy atom. The van der Waals surface area contributed by atoms with E-state index in [4.69, 9.17) is 44.9 Å². The summed E-state index contributed by atoms with van der Waals surface area (Å²) >= 11 is 17.5. The van der Waals surface area contributed by atoms with Gasteiger partial charge in [-0.15, -0.1) is 0 Å². The molecule has 3 aromatic rings. The molecule has 1 heterocycles. The number of methoxy groups -OCH3 is 1. The van der Waals surface area contributed by atoms with Crippen LogP contribution in [0.1, 0.15) is 11.1 Å². The Kier molecular flexibility index (Phi) is 7.72. The van der Waals surface area contributed by atoms with Crippen LogP contribution in [0, 0.1) is 10.1 Å². The monoisotopic (exact) mass is 557 g/mol. The summed E-state index contributed by atoms with van der Waals surface area (Å²) in [5.41, 5.74) is 0.119. The highest BCUT2D eigenvalue weighted by atomic mass is 35.5. The van der Waals surface area contributed by atoms with Crippen LogP contribution < -0.4 is 19.7 Å². The lowest BCUT2D eigenvalue weighted by atomic mass is 10.0. The molecule has 0 aliphatic carbocycles. The fourth-order valence-corrected chi connectivity index (χ4v) is 4.20. The molecule has 1 fully saturated rings. The Bertz CT molecular complexity index is 1460. The van der Waals surface area contributed by atoms with Gasteiger partial charge in [0.15, 0.2) is 16.6 Å². The van der Waals surface area contributed by atoms with Crippen LogP contribution in [0.5, 0.6) is 11.5 Å². The normalized spacial score (nSPS) is 14.5. The first kappa shape index (κ1) is 26.1. The number of hydrogen-bond donors (Lipinski definition) is 1. The predicted molar refractivity (Wildman–Crippen MR) is 143 cm³/mol.